The number of rotatable bonds is 5. The Labute approximate surface area is 182 Å². The molecule has 8 nitrogen and oxygen atoms in total. The highest BCUT2D eigenvalue weighted by molar-refractivity contribution is 5.96. The molecular formula is C23H30N4O4. The average Bonchev–Trinajstić information content (AvgIpc) is 3.18. The number of aryl methyl sites for hydroxylation is 1. The van der Waals surface area contributed by atoms with E-state index in [1.807, 2.05) is 30.3 Å². The number of ether oxygens (including phenoxy) is 1. The quantitative estimate of drug-likeness (QED) is 0.750. The van der Waals surface area contributed by atoms with Gasteiger partial charge in [0.1, 0.15) is 11.7 Å². The van der Waals surface area contributed by atoms with Gasteiger partial charge in [-0.1, -0.05) is 30.3 Å². The second kappa shape index (κ2) is 11.3. The van der Waals surface area contributed by atoms with Crippen molar-refractivity contribution in [1.82, 2.24) is 20.1 Å². The zero-order chi connectivity index (χ0) is 22.1. The molecule has 0 saturated carbocycles. The van der Waals surface area contributed by atoms with Crippen LogP contribution in [0.2, 0.25) is 0 Å². The first-order valence-corrected chi connectivity index (χ1v) is 10.6. The fraction of sp³-hybridized carbons (Fsp3) is 0.435. The van der Waals surface area contributed by atoms with Crippen LogP contribution in [0.25, 0.3) is 0 Å². The van der Waals surface area contributed by atoms with E-state index in [0.717, 1.165) is 5.56 Å². The predicted octanol–water partition coefficient (Wildman–Crippen LogP) is 1.12. The molecule has 1 aliphatic rings. The van der Waals surface area contributed by atoms with Crippen LogP contribution in [0, 0.1) is 0 Å². The summed E-state index contributed by atoms with van der Waals surface area (Å²) in [4.78, 5) is 40.0. The van der Waals surface area contributed by atoms with E-state index in [4.69, 9.17) is 4.74 Å². The minimum absolute atomic E-state index is 0.115. The van der Waals surface area contributed by atoms with Crippen LogP contribution in [0.15, 0.2) is 48.7 Å². The highest BCUT2D eigenvalue weighted by Gasteiger charge is 2.27. The number of hydrogen-bond donors (Lipinski definition) is 2. The van der Waals surface area contributed by atoms with E-state index in [0.29, 0.717) is 51.4 Å². The molecule has 1 fully saturated rings. The summed E-state index contributed by atoms with van der Waals surface area (Å²) in [5.74, 6) is -0.616. The summed E-state index contributed by atoms with van der Waals surface area (Å²) in [6.07, 6.45) is 3.05. The fourth-order valence-electron chi connectivity index (χ4n) is 3.58. The molecule has 1 saturated heterocycles. The average molecular weight is 427 g/mol. The summed E-state index contributed by atoms with van der Waals surface area (Å²) in [6.45, 7) is 2.21. The summed E-state index contributed by atoms with van der Waals surface area (Å²) >= 11 is 0. The second-order valence-corrected chi connectivity index (χ2v) is 7.61. The normalized spacial score (nSPS) is 16.7. The number of hydrogen-bond acceptors (Lipinski definition) is 4. The molecule has 8 heteroatoms. The van der Waals surface area contributed by atoms with Crippen molar-refractivity contribution in [3.63, 3.8) is 0 Å². The minimum atomic E-state index is -0.737. The lowest BCUT2D eigenvalue weighted by molar-refractivity contribution is -0.134. The topological polar surface area (TPSA) is 92.7 Å². The Morgan fingerprint density at radius 1 is 1.13 bits per heavy atom. The number of amides is 3. The van der Waals surface area contributed by atoms with Crippen LogP contribution < -0.4 is 10.6 Å². The maximum absolute atomic E-state index is 13.5. The molecule has 1 aromatic heterocycles. The van der Waals surface area contributed by atoms with Gasteiger partial charge in [0.2, 0.25) is 11.8 Å². The molecule has 3 rings (SSSR count). The van der Waals surface area contributed by atoms with Gasteiger partial charge in [-0.05, 0) is 24.1 Å². The van der Waals surface area contributed by atoms with Crippen molar-refractivity contribution >= 4 is 17.7 Å². The van der Waals surface area contributed by atoms with Gasteiger partial charge in [0.25, 0.3) is 5.91 Å². The Morgan fingerprint density at radius 2 is 1.94 bits per heavy atom. The van der Waals surface area contributed by atoms with Gasteiger partial charge in [-0.2, -0.15) is 0 Å². The zero-order valence-electron chi connectivity index (χ0n) is 17.9. The molecular weight excluding hydrogens is 396 g/mol. The number of benzene rings is 1. The number of aromatic nitrogens is 1. The molecule has 0 bridgehead atoms. The van der Waals surface area contributed by atoms with E-state index in [1.165, 1.54) is 0 Å². The van der Waals surface area contributed by atoms with Gasteiger partial charge >= 0.3 is 0 Å². The lowest BCUT2D eigenvalue weighted by atomic mass is 10.0. The van der Waals surface area contributed by atoms with Gasteiger partial charge < -0.3 is 24.8 Å². The molecule has 1 aliphatic heterocycles. The SMILES string of the molecule is Cn1cccc1C(=O)N[C@@H](Cc1ccccc1)C(=O)N1CCCOCCNC(=O)CC1. The second-order valence-electron chi connectivity index (χ2n) is 7.61. The molecule has 2 N–H and O–H groups in total. The smallest absolute Gasteiger partial charge is 0.268 e. The van der Waals surface area contributed by atoms with Crippen molar-refractivity contribution in [2.24, 2.45) is 7.05 Å². The molecule has 0 spiro atoms. The maximum atomic E-state index is 13.5. The number of nitrogens with one attached hydrogen (secondary N) is 2. The lowest BCUT2D eigenvalue weighted by Crippen LogP contribution is -2.51. The van der Waals surface area contributed by atoms with Crippen LogP contribution in [-0.4, -0.2) is 66.1 Å². The Kier molecular flexibility index (Phi) is 8.23. The molecule has 0 unspecified atom stereocenters. The van der Waals surface area contributed by atoms with Crippen molar-refractivity contribution < 1.29 is 19.1 Å². The Balaban J connectivity index is 1.77. The standard InChI is InChI=1S/C23H30N4O4/c1-26-12-5-9-20(26)22(29)25-19(17-18-7-3-2-4-8-18)23(30)27-13-6-15-31-16-11-24-21(28)10-14-27/h2-5,7-9,12,19H,6,10-11,13-17H2,1H3,(H,24,28)(H,25,29)/t19-/m0/s1. The highest BCUT2D eigenvalue weighted by Crippen LogP contribution is 2.10. The Hall–Kier alpha value is -3.13. The monoisotopic (exact) mass is 426 g/mol. The molecule has 0 radical (unpaired) electrons. The molecule has 3 amide bonds. The third kappa shape index (κ3) is 6.68. The first-order chi connectivity index (χ1) is 15.0. The first kappa shape index (κ1) is 22.6. The summed E-state index contributed by atoms with van der Waals surface area (Å²) in [6, 6.07) is 12.4. The van der Waals surface area contributed by atoms with Crippen molar-refractivity contribution in [2.75, 3.05) is 32.8 Å². The van der Waals surface area contributed by atoms with Crippen LogP contribution in [0.1, 0.15) is 28.9 Å². The van der Waals surface area contributed by atoms with Crippen molar-refractivity contribution in [3.8, 4) is 0 Å². The lowest BCUT2D eigenvalue weighted by Gasteiger charge is -2.28. The van der Waals surface area contributed by atoms with E-state index < -0.39 is 6.04 Å². The van der Waals surface area contributed by atoms with Gasteiger partial charge in [0, 0.05) is 52.3 Å². The van der Waals surface area contributed by atoms with Gasteiger partial charge in [-0.3, -0.25) is 14.4 Å². The van der Waals surface area contributed by atoms with Crippen LogP contribution >= 0.6 is 0 Å². The van der Waals surface area contributed by atoms with E-state index in [1.54, 1.807) is 34.8 Å². The molecule has 0 aliphatic carbocycles. The largest absolute Gasteiger partial charge is 0.380 e. The van der Waals surface area contributed by atoms with Crippen molar-refractivity contribution in [2.45, 2.75) is 25.3 Å². The van der Waals surface area contributed by atoms with E-state index in [-0.39, 0.29) is 24.1 Å². The van der Waals surface area contributed by atoms with Crippen molar-refractivity contribution in [3.05, 3.63) is 59.9 Å². The van der Waals surface area contributed by atoms with E-state index in [2.05, 4.69) is 10.6 Å². The number of carbonyl (C=O) groups is 3. The molecule has 1 atom stereocenters. The molecule has 2 heterocycles. The summed E-state index contributed by atoms with van der Waals surface area (Å²) < 4.78 is 7.22. The Morgan fingerprint density at radius 3 is 2.68 bits per heavy atom. The molecule has 31 heavy (non-hydrogen) atoms. The number of nitrogens with zero attached hydrogens (tertiary/aromatic N) is 2. The maximum Gasteiger partial charge on any atom is 0.268 e. The third-order valence-electron chi connectivity index (χ3n) is 5.27. The van der Waals surface area contributed by atoms with Crippen LogP contribution in [-0.2, 0) is 27.8 Å². The predicted molar refractivity (Wildman–Crippen MR) is 116 cm³/mol. The van der Waals surface area contributed by atoms with Crippen LogP contribution in [0.4, 0.5) is 0 Å². The van der Waals surface area contributed by atoms with Crippen LogP contribution in [0.3, 0.4) is 0 Å². The van der Waals surface area contributed by atoms with Gasteiger partial charge in [-0.25, -0.2) is 0 Å². The van der Waals surface area contributed by atoms with E-state index in [9.17, 15) is 14.4 Å². The first-order valence-electron chi connectivity index (χ1n) is 10.6. The summed E-state index contributed by atoms with van der Waals surface area (Å²) in [7, 11) is 1.79. The summed E-state index contributed by atoms with van der Waals surface area (Å²) in [5, 5.41) is 5.70. The molecule has 166 valence electrons. The molecule has 1 aromatic carbocycles. The minimum Gasteiger partial charge on any atom is -0.380 e. The zero-order valence-corrected chi connectivity index (χ0v) is 17.9. The molecule has 2 aromatic rings. The highest BCUT2D eigenvalue weighted by atomic mass is 16.5. The number of carbonyl (C=O) groups excluding carboxylic acids is 3. The summed E-state index contributed by atoms with van der Waals surface area (Å²) in [5.41, 5.74) is 1.43. The van der Waals surface area contributed by atoms with Gasteiger partial charge in [0.05, 0.1) is 6.61 Å². The van der Waals surface area contributed by atoms with Gasteiger partial charge in [-0.15, -0.1) is 0 Å². The van der Waals surface area contributed by atoms with Crippen molar-refractivity contribution in [1.29, 1.82) is 0 Å². The van der Waals surface area contributed by atoms with E-state index >= 15 is 0 Å². The third-order valence-corrected chi connectivity index (χ3v) is 5.27. The van der Waals surface area contributed by atoms with Crippen LogP contribution in [0.5, 0.6) is 0 Å². The fourth-order valence-corrected chi connectivity index (χ4v) is 3.58. The van der Waals surface area contributed by atoms with Gasteiger partial charge in [0.15, 0.2) is 0 Å². The Bertz CT molecular complexity index is 881.